The van der Waals surface area contributed by atoms with Crippen LogP contribution in [0.3, 0.4) is 0 Å². The molecule has 1 aliphatic heterocycles. The molecule has 0 aliphatic carbocycles. The van der Waals surface area contributed by atoms with Gasteiger partial charge in [0.1, 0.15) is 24.5 Å². The van der Waals surface area contributed by atoms with Gasteiger partial charge in [0.15, 0.2) is 0 Å². The van der Waals surface area contributed by atoms with Gasteiger partial charge in [0, 0.05) is 12.1 Å². The monoisotopic (exact) mass is 403 g/mol. The molecule has 30 heavy (non-hydrogen) atoms. The molecule has 0 aromatic heterocycles. The van der Waals surface area contributed by atoms with Crippen LogP contribution in [0.15, 0.2) is 78.9 Å². The lowest BCUT2D eigenvalue weighted by atomic mass is 9.79. The minimum atomic E-state index is -0.347. The molecule has 5 heteroatoms. The summed E-state index contributed by atoms with van der Waals surface area (Å²) in [6, 6.07) is 23.3. The van der Waals surface area contributed by atoms with E-state index in [1.54, 1.807) is 17.0 Å². The Balaban J connectivity index is 1.52. The molecule has 4 rings (SSSR count). The summed E-state index contributed by atoms with van der Waals surface area (Å²) >= 11 is 0. The fraction of sp³-hybridized carbons (Fsp3) is 0.200. The molecule has 1 amide bonds. The van der Waals surface area contributed by atoms with Crippen LogP contribution in [0.4, 0.5) is 10.1 Å². The first-order valence-corrected chi connectivity index (χ1v) is 9.96. The number of halogens is 1. The topological polar surface area (TPSA) is 46.6 Å². The van der Waals surface area contributed by atoms with Gasteiger partial charge in [-0.2, -0.15) is 0 Å². The molecule has 1 aliphatic rings. The van der Waals surface area contributed by atoms with E-state index in [2.05, 4.69) is 0 Å². The zero-order valence-electron chi connectivity index (χ0n) is 16.4. The Morgan fingerprint density at radius 1 is 0.933 bits per heavy atom. The third-order valence-electron chi connectivity index (χ3n) is 5.38. The van der Waals surface area contributed by atoms with E-state index in [0.29, 0.717) is 25.1 Å². The van der Waals surface area contributed by atoms with E-state index in [9.17, 15) is 14.0 Å². The van der Waals surface area contributed by atoms with Gasteiger partial charge in [0.2, 0.25) is 5.91 Å². The second-order valence-electron chi connectivity index (χ2n) is 7.32. The van der Waals surface area contributed by atoms with Gasteiger partial charge in [-0.25, -0.2) is 4.39 Å². The number of ether oxygens (including phenoxy) is 1. The highest BCUT2D eigenvalue weighted by Crippen LogP contribution is 2.45. The quantitative estimate of drug-likeness (QED) is 0.389. The van der Waals surface area contributed by atoms with Gasteiger partial charge in [-0.15, -0.1) is 0 Å². The third kappa shape index (κ3) is 4.10. The Labute approximate surface area is 174 Å². The zero-order valence-corrected chi connectivity index (χ0v) is 16.4. The first-order chi connectivity index (χ1) is 14.7. The summed E-state index contributed by atoms with van der Waals surface area (Å²) in [7, 11) is 0. The predicted molar refractivity (Wildman–Crippen MR) is 113 cm³/mol. The van der Waals surface area contributed by atoms with Crippen LogP contribution in [-0.4, -0.2) is 12.2 Å². The van der Waals surface area contributed by atoms with Crippen molar-refractivity contribution in [1.29, 1.82) is 0 Å². The van der Waals surface area contributed by atoms with E-state index in [-0.39, 0.29) is 23.7 Å². The molecule has 3 aromatic carbocycles. The Morgan fingerprint density at radius 2 is 1.63 bits per heavy atom. The molecule has 0 saturated carbocycles. The molecule has 1 heterocycles. The van der Waals surface area contributed by atoms with E-state index in [1.807, 2.05) is 54.6 Å². The lowest BCUT2D eigenvalue weighted by molar-refractivity contribution is -0.130. The number of β-lactam (4-membered cyclic amide) rings is 1. The Kier molecular flexibility index (Phi) is 5.89. The number of rotatable bonds is 8. The Morgan fingerprint density at radius 3 is 2.30 bits per heavy atom. The molecule has 3 aromatic rings. The smallest absolute Gasteiger partial charge is 0.233 e. The molecule has 4 nitrogen and oxygen atoms in total. The van der Waals surface area contributed by atoms with Gasteiger partial charge >= 0.3 is 0 Å². The molecule has 0 N–H and O–H groups in total. The number of hydrogen-bond acceptors (Lipinski definition) is 3. The molecule has 0 bridgehead atoms. The Hall–Kier alpha value is -3.47. The van der Waals surface area contributed by atoms with Gasteiger partial charge in [-0.05, 0) is 53.9 Å². The van der Waals surface area contributed by atoms with Crippen LogP contribution in [0.5, 0.6) is 5.75 Å². The normalized spacial score (nSPS) is 18.0. The third-order valence-corrected chi connectivity index (χ3v) is 5.38. The number of hydrogen-bond donors (Lipinski definition) is 0. The molecule has 1 fully saturated rings. The second kappa shape index (κ2) is 8.91. The molecule has 0 radical (unpaired) electrons. The summed E-state index contributed by atoms with van der Waals surface area (Å²) in [5, 5.41) is 0. The van der Waals surface area contributed by atoms with Gasteiger partial charge < -0.3 is 14.4 Å². The number of nitrogens with zero attached hydrogens (tertiary/aromatic N) is 1. The van der Waals surface area contributed by atoms with Crippen LogP contribution in [0.25, 0.3) is 0 Å². The van der Waals surface area contributed by atoms with Crippen molar-refractivity contribution in [2.75, 3.05) is 4.90 Å². The Bertz CT molecular complexity index is 1000. The summed E-state index contributed by atoms with van der Waals surface area (Å²) in [6.45, 7) is 0.478. The standard InChI is InChI=1S/C25H22FNO3/c26-20-10-12-21(13-11-20)27-24(23(25(27)29)7-4-16-28)19-8-14-22(15-9-19)30-17-18-5-2-1-3-6-18/h1-3,5-6,8-16,23-24H,4,7,17H2/t23-,24-/m1/s1. The minimum Gasteiger partial charge on any atom is -0.489 e. The second-order valence-corrected chi connectivity index (χ2v) is 7.32. The van der Waals surface area contributed by atoms with E-state index in [4.69, 9.17) is 4.74 Å². The number of aldehydes is 1. The lowest BCUT2D eigenvalue weighted by Gasteiger charge is -2.47. The van der Waals surface area contributed by atoms with Gasteiger partial charge in [0.05, 0.1) is 12.0 Å². The highest BCUT2D eigenvalue weighted by Gasteiger charge is 2.48. The zero-order chi connectivity index (χ0) is 20.9. The van der Waals surface area contributed by atoms with Gasteiger partial charge in [-0.1, -0.05) is 42.5 Å². The number of amides is 1. The fourth-order valence-corrected chi connectivity index (χ4v) is 3.85. The van der Waals surface area contributed by atoms with Crippen LogP contribution in [-0.2, 0) is 16.2 Å². The van der Waals surface area contributed by atoms with Crippen molar-refractivity contribution in [2.45, 2.75) is 25.5 Å². The van der Waals surface area contributed by atoms with Crippen LogP contribution < -0.4 is 9.64 Å². The van der Waals surface area contributed by atoms with Crippen molar-refractivity contribution in [3.8, 4) is 5.75 Å². The maximum Gasteiger partial charge on any atom is 0.233 e. The summed E-state index contributed by atoms with van der Waals surface area (Å²) in [6.07, 6.45) is 1.67. The molecule has 0 unspecified atom stereocenters. The van der Waals surface area contributed by atoms with Crippen molar-refractivity contribution in [2.24, 2.45) is 5.92 Å². The highest BCUT2D eigenvalue weighted by molar-refractivity contribution is 6.03. The van der Waals surface area contributed by atoms with Crippen LogP contribution in [0, 0.1) is 11.7 Å². The van der Waals surface area contributed by atoms with Crippen molar-refractivity contribution in [1.82, 2.24) is 0 Å². The molecule has 1 saturated heterocycles. The maximum absolute atomic E-state index is 13.3. The lowest BCUT2D eigenvalue weighted by Crippen LogP contribution is -2.55. The number of carbonyl (C=O) groups is 2. The van der Waals surface area contributed by atoms with Gasteiger partial charge in [0.25, 0.3) is 0 Å². The maximum atomic E-state index is 13.3. The molecular weight excluding hydrogens is 381 g/mol. The van der Waals surface area contributed by atoms with Crippen molar-refractivity contribution >= 4 is 17.9 Å². The van der Waals surface area contributed by atoms with E-state index in [0.717, 1.165) is 23.2 Å². The molecule has 0 spiro atoms. The average molecular weight is 403 g/mol. The molecule has 152 valence electrons. The number of benzene rings is 3. The van der Waals surface area contributed by atoms with E-state index in [1.165, 1.54) is 12.1 Å². The molecule has 2 atom stereocenters. The van der Waals surface area contributed by atoms with Crippen molar-refractivity contribution < 1.29 is 18.7 Å². The number of anilines is 1. The van der Waals surface area contributed by atoms with E-state index < -0.39 is 0 Å². The highest BCUT2D eigenvalue weighted by atomic mass is 19.1. The first kappa shape index (κ1) is 19.8. The SMILES string of the molecule is O=CCC[C@H]1C(=O)N(c2ccc(F)cc2)[C@@H]1c1ccc(OCc2ccccc2)cc1. The summed E-state index contributed by atoms with van der Waals surface area (Å²) < 4.78 is 19.2. The summed E-state index contributed by atoms with van der Waals surface area (Å²) in [4.78, 5) is 25.3. The van der Waals surface area contributed by atoms with Crippen LogP contribution in [0.1, 0.15) is 30.0 Å². The minimum absolute atomic E-state index is 0.0436. The largest absolute Gasteiger partial charge is 0.489 e. The van der Waals surface area contributed by atoms with Gasteiger partial charge in [-0.3, -0.25) is 4.79 Å². The summed E-state index contributed by atoms with van der Waals surface area (Å²) in [5.74, 6) is 0.0842. The van der Waals surface area contributed by atoms with Crippen molar-refractivity contribution in [3.63, 3.8) is 0 Å². The van der Waals surface area contributed by atoms with E-state index >= 15 is 0 Å². The van der Waals surface area contributed by atoms with Crippen LogP contribution >= 0.6 is 0 Å². The summed E-state index contributed by atoms with van der Waals surface area (Å²) in [5.41, 5.74) is 2.70. The molecular formula is C25H22FNO3. The number of carbonyl (C=O) groups excluding carboxylic acids is 2. The average Bonchev–Trinajstić information content (AvgIpc) is 2.78. The fourth-order valence-electron chi connectivity index (χ4n) is 3.85. The van der Waals surface area contributed by atoms with Crippen LogP contribution in [0.2, 0.25) is 0 Å². The predicted octanol–water partition coefficient (Wildman–Crippen LogP) is 5.09. The van der Waals surface area contributed by atoms with Crippen molar-refractivity contribution in [3.05, 3.63) is 95.8 Å². The first-order valence-electron chi connectivity index (χ1n) is 9.96.